The van der Waals surface area contributed by atoms with Gasteiger partial charge in [-0.3, -0.25) is 4.79 Å². The van der Waals surface area contributed by atoms with Crippen LogP contribution >= 0.6 is 27.0 Å². The van der Waals surface area contributed by atoms with Crippen molar-refractivity contribution in [2.45, 2.75) is 31.5 Å². The number of anilines is 1. The molecular formula is C16H25F2N3O4S3. The minimum Gasteiger partial charge on any atom is -0.380 e. The lowest BCUT2D eigenvalue weighted by molar-refractivity contribution is -0.126. The summed E-state index contributed by atoms with van der Waals surface area (Å²) in [6, 6.07) is 3.55. The monoisotopic (exact) mass is 457 g/mol. The summed E-state index contributed by atoms with van der Waals surface area (Å²) in [6.45, 7) is 1.60. The predicted molar refractivity (Wildman–Crippen MR) is 112 cm³/mol. The van der Waals surface area contributed by atoms with Crippen molar-refractivity contribution < 1.29 is 26.7 Å². The van der Waals surface area contributed by atoms with E-state index >= 15 is 4.39 Å². The van der Waals surface area contributed by atoms with Gasteiger partial charge in [-0.05, 0) is 37.1 Å². The number of nitrogens with zero attached hydrogens (tertiary/aromatic N) is 1. The van der Waals surface area contributed by atoms with Gasteiger partial charge in [-0.2, -0.15) is 44.4 Å². The highest BCUT2D eigenvalue weighted by atomic mass is 32.2. The Hall–Kier alpha value is -0.920. The van der Waals surface area contributed by atoms with Crippen molar-refractivity contribution in [3.05, 3.63) is 29.6 Å². The number of carbonyl (C=O) groups excluding carboxylic acids is 1. The van der Waals surface area contributed by atoms with E-state index in [1.54, 1.807) is 0 Å². The molecule has 2 aliphatic heterocycles. The van der Waals surface area contributed by atoms with Gasteiger partial charge in [0, 0.05) is 31.3 Å². The molecule has 1 aromatic carbocycles. The number of carbonyl (C=O) groups is 1. The van der Waals surface area contributed by atoms with Crippen molar-refractivity contribution in [2.75, 3.05) is 31.6 Å². The molecule has 12 heteroatoms. The van der Waals surface area contributed by atoms with Crippen molar-refractivity contribution in [1.29, 1.82) is 0 Å². The lowest BCUT2D eigenvalue weighted by atomic mass is 10.0. The molecule has 0 bridgehead atoms. The van der Waals surface area contributed by atoms with Crippen LogP contribution in [0, 0.1) is 12.7 Å². The number of alkyl halides is 1. The lowest BCUT2D eigenvalue weighted by Crippen LogP contribution is -2.47. The van der Waals surface area contributed by atoms with Crippen molar-refractivity contribution in [3.63, 3.8) is 0 Å². The number of benzene rings is 1. The fourth-order valence-electron chi connectivity index (χ4n) is 3.01. The first-order valence-electron chi connectivity index (χ1n) is 8.31. The Morgan fingerprint density at radius 3 is 2.68 bits per heavy atom. The largest absolute Gasteiger partial charge is 0.380 e. The fourth-order valence-corrected chi connectivity index (χ4v) is 4.47. The quantitative estimate of drug-likeness (QED) is 0.699. The molecule has 1 aromatic rings. The topological polar surface area (TPSA) is 87.7 Å². The van der Waals surface area contributed by atoms with Gasteiger partial charge in [0.1, 0.15) is 5.82 Å². The summed E-state index contributed by atoms with van der Waals surface area (Å²) in [6.07, 6.45) is 0.305. The number of hydrogen-bond acceptors (Lipinski definition) is 4. The molecule has 160 valence electrons. The average molecular weight is 458 g/mol. The number of ether oxygens (including phenoxy) is 1. The third-order valence-electron chi connectivity index (χ3n) is 4.59. The molecule has 0 spiro atoms. The molecule has 0 saturated carbocycles. The Labute approximate surface area is 177 Å². The molecule has 7 nitrogen and oxygen atoms in total. The van der Waals surface area contributed by atoms with Gasteiger partial charge in [-0.25, -0.2) is 8.78 Å². The van der Waals surface area contributed by atoms with E-state index in [4.69, 9.17) is 4.74 Å². The first kappa shape index (κ1) is 25.1. The van der Waals surface area contributed by atoms with E-state index in [2.05, 4.69) is 10.0 Å². The Balaban J connectivity index is 0.00000196. The third kappa shape index (κ3) is 5.57. The molecule has 1 amide bonds. The minimum absolute atomic E-state index is 0. The SMILES string of the molecule is Cc1cc(NC(=O)C2(F)CCN(S(=O)(=O)N[C@H]3CCOC3)C2)ccc1F.S.S. The van der Waals surface area contributed by atoms with E-state index in [1.165, 1.54) is 25.1 Å². The second kappa shape index (κ2) is 9.72. The average Bonchev–Trinajstić information content (AvgIpc) is 3.21. The second-order valence-corrected chi connectivity index (χ2v) is 8.35. The molecule has 2 saturated heterocycles. The molecule has 0 aliphatic carbocycles. The van der Waals surface area contributed by atoms with E-state index in [0.717, 1.165) is 4.31 Å². The van der Waals surface area contributed by atoms with Crippen molar-refractivity contribution in [2.24, 2.45) is 0 Å². The molecule has 2 atom stereocenters. The minimum atomic E-state index is -3.90. The normalized spacial score (nSPS) is 25.0. The molecule has 1 unspecified atom stereocenters. The lowest BCUT2D eigenvalue weighted by Gasteiger charge is -2.22. The molecule has 2 fully saturated rings. The van der Waals surface area contributed by atoms with Gasteiger partial charge in [0.25, 0.3) is 16.1 Å². The smallest absolute Gasteiger partial charge is 0.279 e. The fraction of sp³-hybridized carbons (Fsp3) is 0.562. The Morgan fingerprint density at radius 2 is 2.07 bits per heavy atom. The zero-order chi connectivity index (χ0) is 18.9. The molecule has 28 heavy (non-hydrogen) atoms. The first-order valence-corrected chi connectivity index (χ1v) is 9.75. The number of rotatable bonds is 5. The number of halogens is 2. The van der Waals surface area contributed by atoms with Crippen LogP contribution in [0.3, 0.4) is 0 Å². The molecule has 0 radical (unpaired) electrons. The summed E-state index contributed by atoms with van der Waals surface area (Å²) in [5, 5.41) is 2.40. The van der Waals surface area contributed by atoms with Crippen LogP contribution in [0.1, 0.15) is 18.4 Å². The Morgan fingerprint density at radius 1 is 1.36 bits per heavy atom. The Bertz CT molecular complexity index is 806. The van der Waals surface area contributed by atoms with Gasteiger partial charge in [0.15, 0.2) is 0 Å². The summed E-state index contributed by atoms with van der Waals surface area (Å²) >= 11 is 0. The van der Waals surface area contributed by atoms with Crippen LogP contribution in [-0.2, 0) is 19.7 Å². The van der Waals surface area contributed by atoms with Gasteiger partial charge in [-0.15, -0.1) is 0 Å². The van der Waals surface area contributed by atoms with Crippen LogP contribution in [0.2, 0.25) is 0 Å². The molecule has 3 rings (SSSR count). The highest BCUT2D eigenvalue weighted by Crippen LogP contribution is 2.29. The van der Waals surface area contributed by atoms with Gasteiger partial charge in [0.05, 0.1) is 13.2 Å². The summed E-state index contributed by atoms with van der Waals surface area (Å²) in [5.74, 6) is -1.37. The molecule has 2 heterocycles. The molecule has 2 N–H and O–H groups in total. The number of amides is 1. The van der Waals surface area contributed by atoms with Gasteiger partial charge in [0.2, 0.25) is 5.67 Å². The zero-order valence-corrected chi connectivity index (χ0v) is 18.1. The zero-order valence-electron chi connectivity index (χ0n) is 15.3. The van der Waals surface area contributed by atoms with Crippen molar-refractivity contribution >= 4 is 48.8 Å². The third-order valence-corrected chi connectivity index (χ3v) is 6.22. The van der Waals surface area contributed by atoms with E-state index < -0.39 is 34.1 Å². The second-order valence-electron chi connectivity index (χ2n) is 6.65. The Kier molecular flexibility index (Phi) is 8.72. The van der Waals surface area contributed by atoms with E-state index in [9.17, 15) is 17.6 Å². The highest BCUT2D eigenvalue weighted by molar-refractivity contribution is 7.87. The summed E-state index contributed by atoms with van der Waals surface area (Å²) in [4.78, 5) is 12.3. The standard InChI is InChI=1S/C16H21F2N3O4S.2H2S/c1-11-8-12(2-3-14(11)17)19-15(22)16(18)5-6-21(10-16)26(23,24)20-13-4-7-25-9-13;;/h2-3,8,13,20H,4-7,9-10H2,1H3,(H,19,22);2*1H2/t13-,16?;;/m0../s1. The van der Waals surface area contributed by atoms with Gasteiger partial charge < -0.3 is 10.1 Å². The van der Waals surface area contributed by atoms with E-state index in [1.807, 2.05) is 0 Å². The maximum Gasteiger partial charge on any atom is 0.279 e. The number of hydrogen-bond donors (Lipinski definition) is 2. The van der Waals surface area contributed by atoms with Crippen LogP contribution in [0.4, 0.5) is 14.5 Å². The maximum absolute atomic E-state index is 15.0. The van der Waals surface area contributed by atoms with Crippen LogP contribution in [0.25, 0.3) is 0 Å². The highest BCUT2D eigenvalue weighted by Gasteiger charge is 2.49. The van der Waals surface area contributed by atoms with E-state index in [-0.39, 0.29) is 58.3 Å². The molecule has 2 aliphatic rings. The molecular weight excluding hydrogens is 432 g/mol. The van der Waals surface area contributed by atoms with Crippen LogP contribution in [-0.4, -0.2) is 56.6 Å². The van der Waals surface area contributed by atoms with Crippen LogP contribution < -0.4 is 10.0 Å². The molecule has 0 aromatic heterocycles. The summed E-state index contributed by atoms with van der Waals surface area (Å²) < 4.78 is 61.5. The van der Waals surface area contributed by atoms with Crippen molar-refractivity contribution in [1.82, 2.24) is 9.03 Å². The van der Waals surface area contributed by atoms with Crippen LogP contribution in [0.15, 0.2) is 18.2 Å². The number of nitrogens with one attached hydrogen (secondary N) is 2. The maximum atomic E-state index is 15.0. The predicted octanol–water partition coefficient (Wildman–Crippen LogP) is 1.34. The first-order chi connectivity index (χ1) is 12.2. The summed E-state index contributed by atoms with van der Waals surface area (Å²) in [5.41, 5.74) is -1.77. The van der Waals surface area contributed by atoms with Crippen molar-refractivity contribution in [3.8, 4) is 0 Å². The number of aryl methyl sites for hydroxylation is 1. The van der Waals surface area contributed by atoms with Crippen LogP contribution in [0.5, 0.6) is 0 Å². The van der Waals surface area contributed by atoms with Gasteiger partial charge in [-0.1, -0.05) is 0 Å². The van der Waals surface area contributed by atoms with E-state index in [0.29, 0.717) is 18.6 Å². The summed E-state index contributed by atoms with van der Waals surface area (Å²) in [7, 11) is -3.90. The van der Waals surface area contributed by atoms with Gasteiger partial charge >= 0.3 is 0 Å².